The number of thiazole rings is 1. The van der Waals surface area contributed by atoms with Crippen LogP contribution in [0.4, 0.5) is 0 Å². The summed E-state index contributed by atoms with van der Waals surface area (Å²) in [4.78, 5) is 12.2. The van der Waals surface area contributed by atoms with Crippen molar-refractivity contribution < 1.29 is 0 Å². The van der Waals surface area contributed by atoms with Crippen LogP contribution in [0.5, 0.6) is 0 Å². The maximum Gasteiger partial charge on any atom is 0.191 e. The van der Waals surface area contributed by atoms with Gasteiger partial charge in [0.25, 0.3) is 0 Å². The molecule has 5 nitrogen and oxygen atoms in total. The highest BCUT2D eigenvalue weighted by Gasteiger charge is 2.02. The summed E-state index contributed by atoms with van der Waals surface area (Å²) in [7, 11) is 1.80. The van der Waals surface area contributed by atoms with E-state index in [1.807, 2.05) is 6.20 Å². The molecule has 0 bridgehead atoms. The minimum Gasteiger partial charge on any atom is -0.356 e. The molecule has 0 aliphatic heterocycles. The molecule has 1 aromatic heterocycles. The Kier molecular flexibility index (Phi) is 8.22. The molecule has 0 saturated carbocycles. The zero-order valence-corrected chi connectivity index (χ0v) is 13.9. The topological polar surface area (TPSA) is 52.5 Å². The number of nitrogens with one attached hydrogen (secondary N) is 2. The molecule has 6 heteroatoms. The molecule has 1 rings (SSSR count). The number of hydrogen-bond acceptors (Lipinski definition) is 4. The fraction of sp³-hybridized carbons (Fsp3) is 0.714. The van der Waals surface area contributed by atoms with E-state index in [4.69, 9.17) is 0 Å². The van der Waals surface area contributed by atoms with Crippen LogP contribution in [0.2, 0.25) is 0 Å². The first-order chi connectivity index (χ1) is 9.69. The van der Waals surface area contributed by atoms with Crippen molar-refractivity contribution in [1.29, 1.82) is 0 Å². The van der Waals surface area contributed by atoms with Crippen LogP contribution < -0.4 is 10.6 Å². The Balaban J connectivity index is 2.20. The predicted octanol–water partition coefficient (Wildman–Crippen LogP) is 1.85. The second kappa shape index (κ2) is 9.72. The molecule has 0 aliphatic rings. The van der Waals surface area contributed by atoms with Gasteiger partial charge in [0.05, 0.1) is 6.54 Å². The third-order valence-electron chi connectivity index (χ3n) is 3.14. The molecule has 0 amide bonds. The summed E-state index contributed by atoms with van der Waals surface area (Å²) < 4.78 is 0. The first-order valence-electron chi connectivity index (χ1n) is 7.27. The van der Waals surface area contributed by atoms with Gasteiger partial charge in [-0.3, -0.25) is 4.99 Å². The van der Waals surface area contributed by atoms with Gasteiger partial charge in [0.2, 0.25) is 0 Å². The highest BCUT2D eigenvalue weighted by atomic mass is 32.1. The second-order valence-corrected chi connectivity index (χ2v) is 5.92. The number of aliphatic imine (C=N–C) groups is 1. The fourth-order valence-corrected chi connectivity index (χ4v) is 2.64. The van der Waals surface area contributed by atoms with Gasteiger partial charge in [-0.2, -0.15) is 0 Å². The van der Waals surface area contributed by atoms with Gasteiger partial charge in [0.15, 0.2) is 5.96 Å². The van der Waals surface area contributed by atoms with Crippen LogP contribution in [0.25, 0.3) is 0 Å². The molecule has 0 spiro atoms. The van der Waals surface area contributed by atoms with E-state index < -0.39 is 0 Å². The Morgan fingerprint density at radius 2 is 2.10 bits per heavy atom. The second-order valence-electron chi connectivity index (χ2n) is 4.60. The molecule has 0 saturated heterocycles. The van der Waals surface area contributed by atoms with E-state index >= 15 is 0 Å². The zero-order valence-electron chi connectivity index (χ0n) is 13.1. The number of aryl methyl sites for hydroxylation is 1. The molecular weight excluding hydrogens is 270 g/mol. The summed E-state index contributed by atoms with van der Waals surface area (Å²) in [5.74, 6) is 0.845. The van der Waals surface area contributed by atoms with Crippen molar-refractivity contribution in [2.45, 2.75) is 33.7 Å². The molecule has 0 fully saturated rings. The Bertz CT molecular complexity index is 398. The van der Waals surface area contributed by atoms with Gasteiger partial charge in [0.1, 0.15) is 5.01 Å². The summed E-state index contributed by atoms with van der Waals surface area (Å²) >= 11 is 1.72. The lowest BCUT2D eigenvalue weighted by Gasteiger charge is -2.18. The van der Waals surface area contributed by atoms with E-state index in [-0.39, 0.29) is 0 Å². The van der Waals surface area contributed by atoms with Crippen LogP contribution in [0.1, 0.15) is 30.2 Å². The smallest absolute Gasteiger partial charge is 0.191 e. The van der Waals surface area contributed by atoms with Crippen LogP contribution in [0.15, 0.2) is 11.2 Å². The van der Waals surface area contributed by atoms with E-state index in [0.29, 0.717) is 0 Å². The maximum atomic E-state index is 4.33. The number of aromatic nitrogens is 1. The van der Waals surface area contributed by atoms with E-state index in [0.717, 1.165) is 50.1 Å². The molecule has 1 heterocycles. The lowest BCUT2D eigenvalue weighted by molar-refractivity contribution is 0.300. The molecule has 1 aromatic rings. The number of nitrogens with zero attached hydrogens (tertiary/aromatic N) is 3. The van der Waals surface area contributed by atoms with Crippen LogP contribution in [-0.2, 0) is 6.54 Å². The minimum absolute atomic E-state index is 0.730. The molecule has 0 atom stereocenters. The number of guanidine groups is 1. The first-order valence-corrected chi connectivity index (χ1v) is 8.09. The van der Waals surface area contributed by atoms with Gasteiger partial charge in [-0.25, -0.2) is 4.98 Å². The van der Waals surface area contributed by atoms with Crippen LogP contribution >= 0.6 is 11.3 Å². The predicted molar refractivity (Wildman–Crippen MR) is 87.5 cm³/mol. The standard InChI is InChI=1S/C14H27N5S/c1-5-19(6-2)9-7-8-16-14(15-4)18-11-13-17-10-12(3)20-13/h10H,5-9,11H2,1-4H3,(H2,15,16,18). The van der Waals surface area contributed by atoms with Crippen LogP contribution in [-0.4, -0.2) is 49.1 Å². The monoisotopic (exact) mass is 297 g/mol. The Morgan fingerprint density at radius 1 is 1.35 bits per heavy atom. The lowest BCUT2D eigenvalue weighted by atomic mass is 10.3. The molecule has 0 radical (unpaired) electrons. The van der Waals surface area contributed by atoms with E-state index in [1.165, 1.54) is 4.88 Å². The maximum absolute atomic E-state index is 4.33. The lowest BCUT2D eigenvalue weighted by Crippen LogP contribution is -2.38. The first kappa shape index (κ1) is 16.9. The van der Waals surface area contributed by atoms with Crippen molar-refractivity contribution >= 4 is 17.3 Å². The summed E-state index contributed by atoms with van der Waals surface area (Å²) in [6.45, 7) is 11.5. The van der Waals surface area contributed by atoms with Gasteiger partial charge in [-0.15, -0.1) is 11.3 Å². The van der Waals surface area contributed by atoms with Gasteiger partial charge in [0, 0.05) is 24.7 Å². The third-order valence-corrected chi connectivity index (χ3v) is 4.05. The summed E-state index contributed by atoms with van der Waals surface area (Å²) in [6.07, 6.45) is 3.03. The average Bonchev–Trinajstić information content (AvgIpc) is 2.88. The Hall–Kier alpha value is -1.14. The van der Waals surface area contributed by atoms with Crippen molar-refractivity contribution in [3.8, 4) is 0 Å². The molecule has 0 aromatic carbocycles. The minimum atomic E-state index is 0.730. The van der Waals surface area contributed by atoms with E-state index in [1.54, 1.807) is 18.4 Å². The van der Waals surface area contributed by atoms with Crippen molar-refractivity contribution in [1.82, 2.24) is 20.5 Å². The average molecular weight is 297 g/mol. The van der Waals surface area contributed by atoms with Crippen molar-refractivity contribution in [2.75, 3.05) is 33.2 Å². The Labute approximate surface area is 126 Å². The quantitative estimate of drug-likeness (QED) is 0.437. The highest BCUT2D eigenvalue weighted by molar-refractivity contribution is 7.11. The summed E-state index contributed by atoms with van der Waals surface area (Å²) in [5.41, 5.74) is 0. The highest BCUT2D eigenvalue weighted by Crippen LogP contribution is 2.10. The molecule has 0 unspecified atom stereocenters. The number of hydrogen-bond donors (Lipinski definition) is 2. The van der Waals surface area contributed by atoms with Gasteiger partial charge >= 0.3 is 0 Å². The molecule has 114 valence electrons. The van der Waals surface area contributed by atoms with Crippen molar-refractivity contribution in [3.05, 3.63) is 16.1 Å². The Morgan fingerprint density at radius 3 is 2.65 bits per heavy atom. The van der Waals surface area contributed by atoms with Crippen molar-refractivity contribution in [3.63, 3.8) is 0 Å². The van der Waals surface area contributed by atoms with E-state index in [9.17, 15) is 0 Å². The fourth-order valence-electron chi connectivity index (χ4n) is 1.91. The molecule has 20 heavy (non-hydrogen) atoms. The zero-order chi connectivity index (χ0) is 14.8. The van der Waals surface area contributed by atoms with Crippen molar-refractivity contribution in [2.24, 2.45) is 4.99 Å². The molecule has 2 N–H and O–H groups in total. The normalized spacial score (nSPS) is 11.9. The summed E-state index contributed by atoms with van der Waals surface area (Å²) in [6, 6.07) is 0. The third kappa shape index (κ3) is 6.34. The largest absolute Gasteiger partial charge is 0.356 e. The van der Waals surface area contributed by atoms with Crippen LogP contribution in [0.3, 0.4) is 0 Å². The SMILES string of the molecule is CCN(CC)CCCNC(=NC)NCc1ncc(C)s1. The summed E-state index contributed by atoms with van der Waals surface area (Å²) in [5, 5.41) is 7.72. The number of rotatable bonds is 8. The van der Waals surface area contributed by atoms with Gasteiger partial charge in [-0.1, -0.05) is 13.8 Å². The molecule has 0 aliphatic carbocycles. The molecular formula is C14H27N5S. The van der Waals surface area contributed by atoms with Crippen LogP contribution in [0, 0.1) is 6.92 Å². The van der Waals surface area contributed by atoms with Gasteiger partial charge in [-0.05, 0) is 33.0 Å². The van der Waals surface area contributed by atoms with E-state index in [2.05, 4.69) is 46.3 Å². The van der Waals surface area contributed by atoms with Gasteiger partial charge < -0.3 is 15.5 Å².